The largest absolute Gasteiger partial charge is 0.495 e. The van der Waals surface area contributed by atoms with Gasteiger partial charge in [0.15, 0.2) is 0 Å². The molecule has 2 saturated heterocycles. The summed E-state index contributed by atoms with van der Waals surface area (Å²) in [5, 5.41) is 6.12. The molecule has 224 valence electrons. The predicted octanol–water partition coefficient (Wildman–Crippen LogP) is 6.01. The number of hydrogen-bond donors (Lipinski definition) is 2. The molecule has 41 heavy (non-hydrogen) atoms. The van der Waals surface area contributed by atoms with Crippen LogP contribution < -0.4 is 25.2 Å². The van der Waals surface area contributed by atoms with E-state index in [1.807, 2.05) is 36.4 Å². The number of unbranched alkanes of at least 4 members (excludes halogenated alkanes) is 6. The van der Waals surface area contributed by atoms with Gasteiger partial charge in [-0.15, -0.1) is 0 Å². The van der Waals surface area contributed by atoms with Crippen LogP contribution in [-0.4, -0.2) is 64.4 Å². The minimum atomic E-state index is -0.133. The van der Waals surface area contributed by atoms with Gasteiger partial charge in [-0.2, -0.15) is 0 Å². The van der Waals surface area contributed by atoms with E-state index in [0.717, 1.165) is 75.6 Å². The van der Waals surface area contributed by atoms with E-state index in [9.17, 15) is 9.59 Å². The Morgan fingerprint density at radius 3 is 2.34 bits per heavy atom. The highest BCUT2D eigenvalue weighted by molar-refractivity contribution is 6.02. The first-order chi connectivity index (χ1) is 20.1. The lowest BCUT2D eigenvalue weighted by atomic mass is 10.1. The number of hydrogen-bond acceptors (Lipinski definition) is 6. The average Bonchev–Trinajstić information content (AvgIpc) is 3.53. The summed E-state index contributed by atoms with van der Waals surface area (Å²) < 4.78 is 11.3. The number of nitrogens with zero attached hydrogens (tertiary/aromatic N) is 2. The van der Waals surface area contributed by atoms with Crippen LogP contribution in [0.5, 0.6) is 5.75 Å². The number of carbonyl (C=O) groups excluding carboxylic acids is 2. The number of anilines is 3. The second-order valence-electron chi connectivity index (χ2n) is 11.1. The van der Waals surface area contributed by atoms with Crippen LogP contribution in [0.1, 0.15) is 81.5 Å². The number of para-hydroxylation sites is 2. The zero-order chi connectivity index (χ0) is 28.9. The Hall–Kier alpha value is -3.26. The summed E-state index contributed by atoms with van der Waals surface area (Å²) in [5.41, 5.74) is 3.22. The van der Waals surface area contributed by atoms with Crippen molar-refractivity contribution in [3.05, 3.63) is 48.0 Å². The Labute approximate surface area is 245 Å². The van der Waals surface area contributed by atoms with E-state index in [0.29, 0.717) is 24.2 Å². The second-order valence-corrected chi connectivity index (χ2v) is 11.1. The van der Waals surface area contributed by atoms with Gasteiger partial charge in [0.1, 0.15) is 5.75 Å². The average molecular weight is 565 g/mol. The lowest BCUT2D eigenvalue weighted by molar-refractivity contribution is -0.116. The molecule has 1 atom stereocenters. The molecule has 2 amide bonds. The van der Waals surface area contributed by atoms with Crippen LogP contribution in [0.15, 0.2) is 42.5 Å². The first-order valence-corrected chi connectivity index (χ1v) is 15.6. The van der Waals surface area contributed by atoms with Gasteiger partial charge in [0, 0.05) is 57.1 Å². The third kappa shape index (κ3) is 9.12. The number of rotatable bonds is 15. The van der Waals surface area contributed by atoms with E-state index in [1.165, 1.54) is 32.1 Å². The molecule has 2 aliphatic heterocycles. The summed E-state index contributed by atoms with van der Waals surface area (Å²) in [6, 6.07) is 13.8. The fraction of sp³-hybridized carbons (Fsp3) is 0.576. The van der Waals surface area contributed by atoms with Crippen molar-refractivity contribution in [2.45, 2.75) is 77.2 Å². The number of benzene rings is 2. The molecule has 2 aromatic rings. The van der Waals surface area contributed by atoms with E-state index in [2.05, 4.69) is 33.4 Å². The summed E-state index contributed by atoms with van der Waals surface area (Å²) >= 11 is 0. The second kappa shape index (κ2) is 16.2. The monoisotopic (exact) mass is 564 g/mol. The molecule has 2 fully saturated rings. The van der Waals surface area contributed by atoms with Gasteiger partial charge < -0.3 is 29.9 Å². The van der Waals surface area contributed by atoms with E-state index < -0.39 is 0 Å². The molecule has 2 aromatic carbocycles. The highest BCUT2D eigenvalue weighted by atomic mass is 16.5. The van der Waals surface area contributed by atoms with Crippen molar-refractivity contribution in [3.8, 4) is 5.75 Å². The molecule has 8 nitrogen and oxygen atoms in total. The topological polar surface area (TPSA) is 83.1 Å². The van der Waals surface area contributed by atoms with Crippen LogP contribution in [-0.2, 0) is 9.53 Å². The fourth-order valence-corrected chi connectivity index (χ4v) is 5.72. The lowest BCUT2D eigenvalue weighted by Gasteiger charge is -2.38. The van der Waals surface area contributed by atoms with Gasteiger partial charge in [0.25, 0.3) is 5.91 Å². The molecular formula is C33H48N4O4. The number of amides is 2. The number of ether oxygens (including phenoxy) is 2. The summed E-state index contributed by atoms with van der Waals surface area (Å²) in [6.07, 6.45) is 10.8. The van der Waals surface area contributed by atoms with Gasteiger partial charge in [-0.05, 0) is 49.6 Å². The Balaban J connectivity index is 1.39. The molecule has 8 heteroatoms. The van der Waals surface area contributed by atoms with Gasteiger partial charge >= 0.3 is 0 Å². The van der Waals surface area contributed by atoms with Crippen molar-refractivity contribution in [1.82, 2.24) is 5.32 Å². The molecule has 2 aliphatic rings. The van der Waals surface area contributed by atoms with Crippen LogP contribution in [0.25, 0.3) is 0 Å². The molecule has 0 aromatic heterocycles. The van der Waals surface area contributed by atoms with Gasteiger partial charge in [-0.1, -0.05) is 57.6 Å². The first-order valence-electron chi connectivity index (χ1n) is 15.6. The van der Waals surface area contributed by atoms with Crippen molar-refractivity contribution in [2.24, 2.45) is 0 Å². The quantitative estimate of drug-likeness (QED) is 0.258. The van der Waals surface area contributed by atoms with Gasteiger partial charge in [0.2, 0.25) is 5.91 Å². The van der Waals surface area contributed by atoms with Crippen molar-refractivity contribution in [1.29, 1.82) is 0 Å². The molecule has 0 spiro atoms. The third-order valence-corrected chi connectivity index (χ3v) is 8.09. The number of carbonyl (C=O) groups is 2. The SMILES string of the molecule is CCCCCCCCCC(=O)Nc1ccc(N2CCN(c3ccccc3OC)CC2)c(C(=O)NC[C@H]2CCCO2)c1. The molecular weight excluding hydrogens is 516 g/mol. The third-order valence-electron chi connectivity index (χ3n) is 8.09. The molecule has 0 radical (unpaired) electrons. The molecule has 0 aliphatic carbocycles. The van der Waals surface area contributed by atoms with Crippen LogP contribution in [0.3, 0.4) is 0 Å². The van der Waals surface area contributed by atoms with Gasteiger partial charge in [-0.25, -0.2) is 0 Å². The highest BCUT2D eigenvalue weighted by Gasteiger charge is 2.25. The van der Waals surface area contributed by atoms with Crippen molar-refractivity contribution in [2.75, 3.05) is 61.6 Å². The number of methoxy groups -OCH3 is 1. The van der Waals surface area contributed by atoms with Crippen LogP contribution >= 0.6 is 0 Å². The Morgan fingerprint density at radius 1 is 0.927 bits per heavy atom. The molecule has 0 saturated carbocycles. The Morgan fingerprint density at radius 2 is 1.63 bits per heavy atom. The normalized spacial score (nSPS) is 17.0. The maximum Gasteiger partial charge on any atom is 0.253 e. The van der Waals surface area contributed by atoms with Crippen molar-refractivity contribution >= 4 is 28.9 Å². The summed E-state index contributed by atoms with van der Waals surface area (Å²) in [5.74, 6) is 0.736. The minimum absolute atomic E-state index is 0.00226. The molecule has 2 N–H and O–H groups in total. The Bertz CT molecular complexity index is 1110. The van der Waals surface area contributed by atoms with E-state index in [1.54, 1.807) is 7.11 Å². The van der Waals surface area contributed by atoms with E-state index in [-0.39, 0.29) is 17.9 Å². The molecule has 0 unspecified atom stereocenters. The lowest BCUT2D eigenvalue weighted by Crippen LogP contribution is -2.47. The predicted molar refractivity (Wildman–Crippen MR) is 166 cm³/mol. The summed E-state index contributed by atoms with van der Waals surface area (Å²) in [6.45, 7) is 6.64. The van der Waals surface area contributed by atoms with Gasteiger partial charge in [0.05, 0.1) is 24.5 Å². The van der Waals surface area contributed by atoms with Crippen molar-refractivity contribution < 1.29 is 19.1 Å². The van der Waals surface area contributed by atoms with Gasteiger partial charge in [-0.3, -0.25) is 9.59 Å². The summed E-state index contributed by atoms with van der Waals surface area (Å²) in [7, 11) is 1.70. The molecule has 2 heterocycles. The standard InChI is InChI=1S/C33H48N4O4/c1-3-4-5-6-7-8-9-16-32(38)35-26-17-18-29(28(24-26)33(39)34-25-27-13-12-23-41-27)36-19-21-37(22-20-36)30-14-10-11-15-31(30)40-2/h10-11,14-15,17-18,24,27H,3-9,12-13,16,19-23,25H2,1-2H3,(H,34,39)(H,35,38)/t27-/m1/s1. The Kier molecular flexibility index (Phi) is 12.2. The maximum atomic E-state index is 13.5. The fourth-order valence-electron chi connectivity index (χ4n) is 5.72. The van der Waals surface area contributed by atoms with E-state index >= 15 is 0 Å². The molecule has 0 bridgehead atoms. The van der Waals surface area contributed by atoms with E-state index in [4.69, 9.17) is 9.47 Å². The zero-order valence-corrected chi connectivity index (χ0v) is 25.0. The molecule has 4 rings (SSSR count). The zero-order valence-electron chi connectivity index (χ0n) is 25.0. The maximum absolute atomic E-state index is 13.5. The first kappa shape index (κ1) is 30.7. The summed E-state index contributed by atoms with van der Waals surface area (Å²) in [4.78, 5) is 30.7. The minimum Gasteiger partial charge on any atom is -0.495 e. The number of piperazine rings is 1. The van der Waals surface area contributed by atoms with Crippen molar-refractivity contribution in [3.63, 3.8) is 0 Å². The van der Waals surface area contributed by atoms with Crippen LogP contribution in [0.2, 0.25) is 0 Å². The number of nitrogens with one attached hydrogen (secondary N) is 2. The van der Waals surface area contributed by atoms with Crippen LogP contribution in [0, 0.1) is 0 Å². The van der Waals surface area contributed by atoms with Crippen LogP contribution in [0.4, 0.5) is 17.1 Å². The highest BCUT2D eigenvalue weighted by Crippen LogP contribution is 2.31. The smallest absolute Gasteiger partial charge is 0.253 e.